The number of nitrogens with zero attached hydrogens (tertiary/aromatic N) is 2. The summed E-state index contributed by atoms with van der Waals surface area (Å²) in [7, 11) is 4.61. The monoisotopic (exact) mass is 295 g/mol. The normalized spacial score (nSPS) is 10.0. The first-order chi connectivity index (χ1) is 10.1. The van der Waals surface area contributed by atoms with Crippen LogP contribution in [-0.4, -0.2) is 62.7 Å². The summed E-state index contributed by atoms with van der Waals surface area (Å²) in [5, 5.41) is 2.72. The van der Waals surface area contributed by atoms with E-state index in [0.717, 1.165) is 6.42 Å². The molecule has 0 spiro atoms. The SMILES string of the molecule is COCCCNC(=O)CN(C)C(=O)c1cccnc1OC. The van der Waals surface area contributed by atoms with Crippen molar-refractivity contribution < 1.29 is 19.1 Å². The van der Waals surface area contributed by atoms with Crippen LogP contribution < -0.4 is 10.1 Å². The summed E-state index contributed by atoms with van der Waals surface area (Å²) in [6, 6.07) is 3.26. The van der Waals surface area contributed by atoms with Crippen LogP contribution in [0.4, 0.5) is 0 Å². The zero-order valence-electron chi connectivity index (χ0n) is 12.6. The van der Waals surface area contributed by atoms with Crippen molar-refractivity contribution in [3.8, 4) is 5.88 Å². The molecule has 1 rings (SSSR count). The van der Waals surface area contributed by atoms with Gasteiger partial charge >= 0.3 is 0 Å². The molecular weight excluding hydrogens is 274 g/mol. The number of carbonyl (C=O) groups excluding carboxylic acids is 2. The van der Waals surface area contributed by atoms with Gasteiger partial charge < -0.3 is 19.7 Å². The number of hydrogen-bond acceptors (Lipinski definition) is 5. The fraction of sp³-hybridized carbons (Fsp3) is 0.500. The number of likely N-dealkylation sites (N-methyl/N-ethyl adjacent to an activating group) is 1. The molecule has 1 aromatic heterocycles. The predicted octanol–water partition coefficient (Wildman–Crippen LogP) is 0.315. The Balaban J connectivity index is 2.52. The van der Waals surface area contributed by atoms with Crippen LogP contribution in [0.5, 0.6) is 5.88 Å². The third-order valence-corrected chi connectivity index (χ3v) is 2.77. The summed E-state index contributed by atoms with van der Waals surface area (Å²) in [4.78, 5) is 29.2. The maximum Gasteiger partial charge on any atom is 0.259 e. The van der Waals surface area contributed by atoms with Crippen molar-refractivity contribution >= 4 is 11.8 Å². The quantitative estimate of drug-likeness (QED) is 0.698. The summed E-state index contributed by atoms with van der Waals surface area (Å²) in [5.41, 5.74) is 0.328. The maximum absolute atomic E-state index is 12.2. The molecule has 0 bridgehead atoms. The Hall–Kier alpha value is -2.15. The molecule has 1 aromatic rings. The third-order valence-electron chi connectivity index (χ3n) is 2.77. The average Bonchev–Trinajstić information content (AvgIpc) is 2.50. The summed E-state index contributed by atoms with van der Waals surface area (Å²) >= 11 is 0. The molecule has 1 N–H and O–H groups in total. The van der Waals surface area contributed by atoms with E-state index in [1.807, 2.05) is 0 Å². The Labute approximate surface area is 124 Å². The molecule has 21 heavy (non-hydrogen) atoms. The highest BCUT2D eigenvalue weighted by Gasteiger charge is 2.18. The molecule has 2 amide bonds. The van der Waals surface area contributed by atoms with Gasteiger partial charge in [-0.15, -0.1) is 0 Å². The lowest BCUT2D eigenvalue weighted by Gasteiger charge is -2.17. The molecule has 0 aliphatic rings. The van der Waals surface area contributed by atoms with Gasteiger partial charge in [0.25, 0.3) is 5.91 Å². The van der Waals surface area contributed by atoms with Crippen LogP contribution in [0.25, 0.3) is 0 Å². The molecule has 0 atom stereocenters. The van der Waals surface area contributed by atoms with Gasteiger partial charge in [-0.1, -0.05) is 0 Å². The maximum atomic E-state index is 12.2. The molecule has 0 saturated heterocycles. The smallest absolute Gasteiger partial charge is 0.259 e. The average molecular weight is 295 g/mol. The first-order valence-corrected chi connectivity index (χ1v) is 6.60. The van der Waals surface area contributed by atoms with Gasteiger partial charge in [0.15, 0.2) is 0 Å². The molecule has 0 aliphatic heterocycles. The second-order valence-corrected chi connectivity index (χ2v) is 4.42. The molecular formula is C14H21N3O4. The van der Waals surface area contributed by atoms with Crippen LogP contribution in [0.15, 0.2) is 18.3 Å². The molecule has 116 valence electrons. The van der Waals surface area contributed by atoms with Crippen LogP contribution >= 0.6 is 0 Å². The third kappa shape index (κ3) is 5.39. The van der Waals surface area contributed by atoms with E-state index in [1.165, 1.54) is 18.2 Å². The number of hydrogen-bond donors (Lipinski definition) is 1. The Morgan fingerprint density at radius 1 is 1.38 bits per heavy atom. The lowest BCUT2D eigenvalue weighted by Crippen LogP contribution is -2.39. The minimum atomic E-state index is -0.313. The van der Waals surface area contributed by atoms with Crippen LogP contribution in [-0.2, 0) is 9.53 Å². The molecule has 7 heteroatoms. The summed E-state index contributed by atoms with van der Waals surface area (Å²) in [6.45, 7) is 1.08. The van der Waals surface area contributed by atoms with Crippen LogP contribution in [0.1, 0.15) is 16.8 Å². The van der Waals surface area contributed by atoms with Crippen molar-refractivity contribution in [2.75, 3.05) is 41.0 Å². The van der Waals surface area contributed by atoms with Crippen molar-refractivity contribution in [2.45, 2.75) is 6.42 Å². The number of rotatable bonds is 8. The van der Waals surface area contributed by atoms with Crippen LogP contribution in [0, 0.1) is 0 Å². The Bertz CT molecular complexity index is 479. The summed E-state index contributed by atoms with van der Waals surface area (Å²) in [5.74, 6) is -0.286. The summed E-state index contributed by atoms with van der Waals surface area (Å²) < 4.78 is 9.93. The number of nitrogens with one attached hydrogen (secondary N) is 1. The van der Waals surface area contributed by atoms with Gasteiger partial charge in [-0.25, -0.2) is 4.98 Å². The number of aromatic nitrogens is 1. The molecule has 1 heterocycles. The molecule has 0 unspecified atom stereocenters. The van der Waals surface area contributed by atoms with E-state index in [9.17, 15) is 9.59 Å². The zero-order valence-corrected chi connectivity index (χ0v) is 12.6. The van der Waals surface area contributed by atoms with Gasteiger partial charge in [-0.2, -0.15) is 0 Å². The van der Waals surface area contributed by atoms with E-state index in [1.54, 1.807) is 26.3 Å². The van der Waals surface area contributed by atoms with Crippen molar-refractivity contribution in [1.29, 1.82) is 0 Å². The van der Waals surface area contributed by atoms with E-state index in [0.29, 0.717) is 18.7 Å². The second-order valence-electron chi connectivity index (χ2n) is 4.42. The molecule has 0 aromatic carbocycles. The number of carbonyl (C=O) groups is 2. The Morgan fingerprint density at radius 2 is 2.14 bits per heavy atom. The van der Waals surface area contributed by atoms with E-state index in [-0.39, 0.29) is 24.2 Å². The van der Waals surface area contributed by atoms with Crippen LogP contribution in [0.3, 0.4) is 0 Å². The predicted molar refractivity (Wildman–Crippen MR) is 77.3 cm³/mol. The van der Waals surface area contributed by atoms with Crippen molar-refractivity contribution in [1.82, 2.24) is 15.2 Å². The van der Waals surface area contributed by atoms with Crippen LogP contribution in [0.2, 0.25) is 0 Å². The van der Waals surface area contributed by atoms with Gasteiger partial charge in [0.05, 0.1) is 13.7 Å². The van der Waals surface area contributed by atoms with E-state index in [2.05, 4.69) is 10.3 Å². The number of ether oxygens (including phenoxy) is 2. The molecule has 0 aliphatic carbocycles. The molecule has 0 radical (unpaired) electrons. The van der Waals surface area contributed by atoms with Gasteiger partial charge in [0.2, 0.25) is 11.8 Å². The fourth-order valence-corrected chi connectivity index (χ4v) is 1.71. The number of methoxy groups -OCH3 is 2. The highest BCUT2D eigenvalue weighted by molar-refractivity contribution is 5.98. The van der Waals surface area contributed by atoms with Crippen molar-refractivity contribution in [3.63, 3.8) is 0 Å². The molecule has 0 saturated carbocycles. The first-order valence-electron chi connectivity index (χ1n) is 6.60. The van der Waals surface area contributed by atoms with Gasteiger partial charge in [-0.3, -0.25) is 9.59 Å². The van der Waals surface area contributed by atoms with Gasteiger partial charge in [0.1, 0.15) is 5.56 Å². The van der Waals surface area contributed by atoms with Gasteiger partial charge in [0, 0.05) is 33.5 Å². The van der Waals surface area contributed by atoms with Crippen molar-refractivity contribution in [2.24, 2.45) is 0 Å². The number of pyridine rings is 1. The highest BCUT2D eigenvalue weighted by Crippen LogP contribution is 2.15. The number of amides is 2. The van der Waals surface area contributed by atoms with Gasteiger partial charge in [-0.05, 0) is 18.6 Å². The van der Waals surface area contributed by atoms with E-state index >= 15 is 0 Å². The molecule has 0 fully saturated rings. The Kier molecular flexibility index (Phi) is 7.17. The lowest BCUT2D eigenvalue weighted by molar-refractivity contribution is -0.121. The first kappa shape index (κ1) is 16.9. The minimum absolute atomic E-state index is 0.0239. The fourth-order valence-electron chi connectivity index (χ4n) is 1.71. The van der Waals surface area contributed by atoms with E-state index in [4.69, 9.17) is 9.47 Å². The summed E-state index contributed by atoms with van der Waals surface area (Å²) in [6.07, 6.45) is 2.27. The highest BCUT2D eigenvalue weighted by atomic mass is 16.5. The zero-order chi connectivity index (χ0) is 15.7. The minimum Gasteiger partial charge on any atom is -0.480 e. The Morgan fingerprint density at radius 3 is 2.81 bits per heavy atom. The topological polar surface area (TPSA) is 80.8 Å². The standard InChI is InChI=1S/C14H21N3O4/c1-17(10-12(18)15-8-5-9-20-2)14(19)11-6-4-7-16-13(11)21-3/h4,6-7H,5,8-10H2,1-3H3,(H,15,18). The van der Waals surface area contributed by atoms with E-state index < -0.39 is 0 Å². The lowest BCUT2D eigenvalue weighted by atomic mass is 10.2. The molecule has 7 nitrogen and oxygen atoms in total. The second kappa shape index (κ2) is 8.91. The van der Waals surface area contributed by atoms with Crippen molar-refractivity contribution in [3.05, 3.63) is 23.9 Å². The largest absolute Gasteiger partial charge is 0.480 e.